The predicted octanol–water partition coefficient (Wildman–Crippen LogP) is 4.51. The fraction of sp³-hybridized carbons (Fsp3) is 0.345. The number of fused-ring (bicyclic) bond motifs is 4. The van der Waals surface area contributed by atoms with Gasteiger partial charge in [-0.1, -0.05) is 39.7 Å². The fourth-order valence-corrected chi connectivity index (χ4v) is 8.32. The van der Waals surface area contributed by atoms with Gasteiger partial charge in [0.05, 0.1) is 23.0 Å². The van der Waals surface area contributed by atoms with Crippen LogP contribution in [0.3, 0.4) is 0 Å². The molecule has 2 saturated heterocycles. The Bertz CT molecular complexity index is 1530. The number of carbonyl (C=O) groups is 5. The van der Waals surface area contributed by atoms with Crippen LogP contribution in [0.15, 0.2) is 60.2 Å². The van der Waals surface area contributed by atoms with E-state index in [9.17, 15) is 29.1 Å². The third-order valence-corrected chi connectivity index (χ3v) is 10.7. The molecule has 8 nitrogen and oxygen atoms in total. The average Bonchev–Trinajstić information content (AvgIpc) is 3.27. The number of rotatable bonds is 4. The molecule has 11 heteroatoms. The van der Waals surface area contributed by atoms with Gasteiger partial charge in [0.1, 0.15) is 5.75 Å². The van der Waals surface area contributed by atoms with E-state index in [0.717, 1.165) is 9.80 Å². The minimum absolute atomic E-state index is 0.00784. The summed E-state index contributed by atoms with van der Waals surface area (Å²) in [5.74, 6) is -5.28. The highest BCUT2D eigenvalue weighted by Crippen LogP contribution is 2.65. The number of allylic oxidation sites excluding steroid dienone is 2. The maximum Gasteiger partial charge on any atom is 0.254 e. The summed E-state index contributed by atoms with van der Waals surface area (Å²) < 4.78 is 0. The van der Waals surface area contributed by atoms with E-state index in [0.29, 0.717) is 22.4 Å². The molecule has 6 rings (SSSR count). The molecule has 3 fully saturated rings. The second-order valence-corrected chi connectivity index (χ2v) is 12.4. The summed E-state index contributed by atoms with van der Waals surface area (Å²) in [5, 5.41) is 9.92. The van der Waals surface area contributed by atoms with Crippen LogP contribution in [-0.2, 0) is 19.2 Å². The fourth-order valence-electron chi connectivity index (χ4n) is 6.89. The molecular weight excluding hydrogens is 623 g/mol. The summed E-state index contributed by atoms with van der Waals surface area (Å²) in [5.41, 5.74) is 1.93. The second kappa shape index (κ2) is 9.26. The van der Waals surface area contributed by atoms with E-state index in [1.165, 1.54) is 19.1 Å². The number of phenols is 1. The molecule has 2 aromatic rings. The SMILES string of the molecule is CC(=O)c1ccc(N2C(=O)[C@H]3[C@H](CC=C4[C@H]3C[C@@]3(Cl)C(=O)N(CBr)C(=O)[C@@]3(Cl)[C@H]4c3ccc(O)cc3)C2=O)cc1. The zero-order valence-electron chi connectivity index (χ0n) is 21.1. The third kappa shape index (κ3) is 3.47. The number of anilines is 1. The first kappa shape index (κ1) is 27.2. The van der Waals surface area contributed by atoms with Crippen LogP contribution in [0.1, 0.15) is 41.6 Å². The Kier molecular flexibility index (Phi) is 6.29. The molecule has 6 atom stereocenters. The average molecular weight is 646 g/mol. The van der Waals surface area contributed by atoms with Crippen molar-refractivity contribution in [2.75, 3.05) is 10.4 Å². The molecule has 0 bridgehead atoms. The number of halogens is 3. The van der Waals surface area contributed by atoms with E-state index in [1.807, 2.05) is 6.08 Å². The molecule has 2 aromatic carbocycles. The molecule has 0 unspecified atom stereocenters. The number of carbonyl (C=O) groups excluding carboxylic acids is 5. The van der Waals surface area contributed by atoms with E-state index in [1.54, 1.807) is 36.4 Å². The number of phenolic OH excluding ortho intramolecular Hbond substituents is 1. The summed E-state index contributed by atoms with van der Waals surface area (Å²) in [6.45, 7) is 1.43. The van der Waals surface area contributed by atoms with Crippen LogP contribution < -0.4 is 4.90 Å². The van der Waals surface area contributed by atoms with Gasteiger partial charge < -0.3 is 5.11 Å². The quantitative estimate of drug-likeness (QED) is 0.172. The van der Waals surface area contributed by atoms with E-state index in [-0.39, 0.29) is 35.7 Å². The predicted molar refractivity (Wildman–Crippen MR) is 150 cm³/mol. The van der Waals surface area contributed by atoms with Crippen LogP contribution in [0.25, 0.3) is 0 Å². The van der Waals surface area contributed by atoms with Crippen LogP contribution in [0.5, 0.6) is 5.75 Å². The van der Waals surface area contributed by atoms with Crippen LogP contribution in [0, 0.1) is 17.8 Å². The molecule has 40 heavy (non-hydrogen) atoms. The van der Waals surface area contributed by atoms with Crippen LogP contribution >= 0.6 is 39.1 Å². The number of Topliss-reactive ketones (excluding diaryl/α,β-unsaturated/α-hetero) is 1. The zero-order chi connectivity index (χ0) is 28.7. The maximum atomic E-state index is 14.0. The largest absolute Gasteiger partial charge is 0.508 e. The van der Waals surface area contributed by atoms with Crippen molar-refractivity contribution in [1.29, 1.82) is 0 Å². The number of ketones is 1. The Morgan fingerprint density at radius 2 is 1.62 bits per heavy atom. The summed E-state index contributed by atoms with van der Waals surface area (Å²) in [7, 11) is 0. The Morgan fingerprint density at radius 1 is 0.975 bits per heavy atom. The molecule has 0 radical (unpaired) electrons. The molecule has 2 aliphatic heterocycles. The van der Waals surface area contributed by atoms with Gasteiger partial charge in [0, 0.05) is 11.5 Å². The Balaban J connectivity index is 1.48. The number of likely N-dealkylation sites (tertiary alicyclic amines) is 1. The highest BCUT2D eigenvalue weighted by Gasteiger charge is 2.76. The molecule has 1 saturated carbocycles. The lowest BCUT2D eigenvalue weighted by Gasteiger charge is -2.50. The van der Waals surface area contributed by atoms with Gasteiger partial charge in [0.2, 0.25) is 11.8 Å². The van der Waals surface area contributed by atoms with E-state index in [4.69, 9.17) is 23.2 Å². The number of aromatic hydroxyl groups is 1. The lowest BCUT2D eigenvalue weighted by molar-refractivity contribution is -0.138. The summed E-state index contributed by atoms with van der Waals surface area (Å²) in [6.07, 6.45) is 1.99. The molecule has 0 spiro atoms. The Morgan fingerprint density at radius 3 is 2.23 bits per heavy atom. The van der Waals surface area contributed by atoms with Crippen molar-refractivity contribution in [3.05, 3.63) is 71.3 Å². The van der Waals surface area contributed by atoms with Gasteiger partial charge in [-0.2, -0.15) is 0 Å². The van der Waals surface area contributed by atoms with Crippen molar-refractivity contribution in [2.24, 2.45) is 17.8 Å². The number of alkyl halides is 3. The second-order valence-electron chi connectivity index (χ2n) is 10.7. The lowest BCUT2D eigenvalue weighted by atomic mass is 9.56. The first-order valence-electron chi connectivity index (χ1n) is 12.7. The topological polar surface area (TPSA) is 112 Å². The molecular formula is C29H23BrCl2N2O6. The van der Waals surface area contributed by atoms with Gasteiger partial charge in [-0.15, -0.1) is 23.2 Å². The van der Waals surface area contributed by atoms with Crippen LogP contribution in [-0.4, -0.2) is 54.6 Å². The molecule has 2 aliphatic carbocycles. The first-order chi connectivity index (χ1) is 19.0. The van der Waals surface area contributed by atoms with Crippen molar-refractivity contribution < 1.29 is 29.1 Å². The highest BCUT2D eigenvalue weighted by molar-refractivity contribution is 9.09. The van der Waals surface area contributed by atoms with Gasteiger partial charge in [-0.25, -0.2) is 0 Å². The van der Waals surface area contributed by atoms with Crippen molar-refractivity contribution in [3.63, 3.8) is 0 Å². The third-order valence-electron chi connectivity index (χ3n) is 8.77. The van der Waals surface area contributed by atoms with Crippen molar-refractivity contribution in [1.82, 2.24) is 4.90 Å². The summed E-state index contributed by atoms with van der Waals surface area (Å²) in [6, 6.07) is 12.4. The van der Waals surface area contributed by atoms with Crippen molar-refractivity contribution in [2.45, 2.75) is 35.4 Å². The van der Waals surface area contributed by atoms with Gasteiger partial charge in [0.25, 0.3) is 11.8 Å². The highest BCUT2D eigenvalue weighted by atomic mass is 79.9. The summed E-state index contributed by atoms with van der Waals surface area (Å²) >= 11 is 17.5. The van der Waals surface area contributed by atoms with Gasteiger partial charge >= 0.3 is 0 Å². The van der Waals surface area contributed by atoms with Gasteiger partial charge in [0.15, 0.2) is 15.5 Å². The Hall–Kier alpha value is -3.01. The standard InChI is InChI=1S/C29H23BrCl2N2O6/c1-14(35)15-2-6-17(7-3-15)34-24(37)20-11-10-19-21(22(20)25(34)38)12-28(31)26(39)33(13-30)27(40)29(28,32)23(19)16-4-8-18(36)9-5-16/h2-10,20-23,36H,11-13H2,1H3/t20-,21+,22-,23-,28+,29-/m0/s1. The minimum atomic E-state index is -1.89. The zero-order valence-corrected chi connectivity index (χ0v) is 24.2. The molecule has 4 amide bonds. The number of benzene rings is 2. The van der Waals surface area contributed by atoms with Crippen molar-refractivity contribution >= 4 is 74.2 Å². The van der Waals surface area contributed by atoms with Gasteiger partial charge in [-0.3, -0.25) is 33.8 Å². The smallest absolute Gasteiger partial charge is 0.254 e. The number of hydrogen-bond acceptors (Lipinski definition) is 6. The monoisotopic (exact) mass is 644 g/mol. The van der Waals surface area contributed by atoms with E-state index < -0.39 is 51.1 Å². The molecule has 2 heterocycles. The number of amides is 4. The minimum Gasteiger partial charge on any atom is -0.508 e. The van der Waals surface area contributed by atoms with E-state index in [2.05, 4.69) is 15.9 Å². The Labute approximate surface area is 248 Å². The summed E-state index contributed by atoms with van der Waals surface area (Å²) in [4.78, 5) is 65.0. The first-order valence-corrected chi connectivity index (χ1v) is 14.6. The maximum absolute atomic E-state index is 14.0. The van der Waals surface area contributed by atoms with Crippen molar-refractivity contribution in [3.8, 4) is 5.75 Å². The van der Waals surface area contributed by atoms with Crippen LogP contribution in [0.2, 0.25) is 0 Å². The molecule has 206 valence electrons. The number of imide groups is 2. The molecule has 4 aliphatic rings. The molecule has 0 aromatic heterocycles. The van der Waals surface area contributed by atoms with E-state index >= 15 is 0 Å². The molecule has 1 N–H and O–H groups in total. The number of nitrogens with zero attached hydrogens (tertiary/aromatic N) is 2. The number of hydrogen-bond donors (Lipinski definition) is 1. The van der Waals surface area contributed by atoms with Crippen LogP contribution in [0.4, 0.5) is 5.69 Å². The lowest BCUT2D eigenvalue weighted by Crippen LogP contribution is -2.60. The normalized spacial score (nSPS) is 33.0. The van der Waals surface area contributed by atoms with Gasteiger partial charge in [-0.05, 0) is 67.6 Å².